The molecule has 0 radical (unpaired) electrons. The standard InChI is InChI=1S/C18H38N4O.HI/c1-4-19-18(21-11-9-15-23-16-17(2)3)20-10-5-6-12-22-13-7-8-14-22;/h17H,4-16H2,1-3H3,(H2,19,20,21);1H. The van der Waals surface area contributed by atoms with E-state index in [4.69, 9.17) is 4.74 Å². The van der Waals surface area contributed by atoms with Crippen molar-refractivity contribution in [1.82, 2.24) is 15.5 Å². The summed E-state index contributed by atoms with van der Waals surface area (Å²) in [6, 6.07) is 0. The Morgan fingerprint density at radius 2 is 1.88 bits per heavy atom. The van der Waals surface area contributed by atoms with Gasteiger partial charge in [-0.25, -0.2) is 0 Å². The highest BCUT2D eigenvalue weighted by atomic mass is 127. The molecule has 0 unspecified atom stereocenters. The van der Waals surface area contributed by atoms with Gasteiger partial charge in [-0.1, -0.05) is 13.8 Å². The zero-order valence-electron chi connectivity index (χ0n) is 16.0. The molecule has 0 aromatic carbocycles. The van der Waals surface area contributed by atoms with E-state index in [9.17, 15) is 0 Å². The van der Waals surface area contributed by atoms with Crippen molar-refractivity contribution in [2.75, 3.05) is 52.5 Å². The largest absolute Gasteiger partial charge is 0.381 e. The molecule has 1 heterocycles. The first-order valence-electron chi connectivity index (χ1n) is 9.54. The van der Waals surface area contributed by atoms with Gasteiger partial charge >= 0.3 is 0 Å². The van der Waals surface area contributed by atoms with Gasteiger partial charge in [0.15, 0.2) is 5.96 Å². The molecule has 1 saturated heterocycles. The van der Waals surface area contributed by atoms with Gasteiger partial charge < -0.3 is 20.3 Å². The summed E-state index contributed by atoms with van der Waals surface area (Å²) in [4.78, 5) is 7.19. The average molecular weight is 454 g/mol. The molecule has 0 bridgehead atoms. The zero-order valence-corrected chi connectivity index (χ0v) is 18.3. The fraction of sp³-hybridized carbons (Fsp3) is 0.944. The van der Waals surface area contributed by atoms with Crippen LogP contribution < -0.4 is 10.6 Å². The molecule has 0 atom stereocenters. The number of nitrogens with zero attached hydrogens (tertiary/aromatic N) is 2. The summed E-state index contributed by atoms with van der Waals surface area (Å²) in [6.45, 7) is 14.7. The van der Waals surface area contributed by atoms with Crippen LogP contribution in [0.5, 0.6) is 0 Å². The zero-order chi connectivity index (χ0) is 16.8. The van der Waals surface area contributed by atoms with Crippen LogP contribution in [-0.4, -0.2) is 63.3 Å². The molecule has 0 spiro atoms. The summed E-state index contributed by atoms with van der Waals surface area (Å²) < 4.78 is 5.58. The number of rotatable bonds is 12. The number of hydrogen-bond donors (Lipinski definition) is 2. The van der Waals surface area contributed by atoms with Gasteiger partial charge in [-0.15, -0.1) is 24.0 Å². The minimum absolute atomic E-state index is 0. The summed E-state index contributed by atoms with van der Waals surface area (Å²) in [5, 5.41) is 6.75. The summed E-state index contributed by atoms with van der Waals surface area (Å²) in [5.74, 6) is 1.55. The van der Waals surface area contributed by atoms with Crippen molar-refractivity contribution in [3.05, 3.63) is 0 Å². The maximum atomic E-state index is 5.58. The Hall–Kier alpha value is -0.0800. The fourth-order valence-electron chi connectivity index (χ4n) is 2.69. The molecule has 6 heteroatoms. The Kier molecular flexibility index (Phi) is 16.3. The topological polar surface area (TPSA) is 48.9 Å². The van der Waals surface area contributed by atoms with Gasteiger partial charge in [0.1, 0.15) is 0 Å². The minimum Gasteiger partial charge on any atom is -0.381 e. The van der Waals surface area contributed by atoms with E-state index in [-0.39, 0.29) is 24.0 Å². The molecular weight excluding hydrogens is 415 g/mol. The van der Waals surface area contributed by atoms with Gasteiger partial charge in [0.2, 0.25) is 0 Å². The first-order chi connectivity index (χ1) is 11.2. The van der Waals surface area contributed by atoms with Crippen LogP contribution >= 0.6 is 24.0 Å². The second-order valence-electron chi connectivity index (χ2n) is 6.77. The quantitative estimate of drug-likeness (QED) is 0.206. The maximum absolute atomic E-state index is 5.58. The summed E-state index contributed by atoms with van der Waals surface area (Å²) in [6.07, 6.45) is 6.23. The van der Waals surface area contributed by atoms with Crippen LogP contribution in [0.3, 0.4) is 0 Å². The van der Waals surface area contributed by atoms with Crippen LogP contribution in [0.4, 0.5) is 0 Å². The summed E-state index contributed by atoms with van der Waals surface area (Å²) in [7, 11) is 0. The van der Waals surface area contributed by atoms with Crippen molar-refractivity contribution in [1.29, 1.82) is 0 Å². The SMILES string of the molecule is CCNC(=NCCCOCC(C)C)NCCCCN1CCCC1.I. The first-order valence-corrected chi connectivity index (χ1v) is 9.54. The van der Waals surface area contributed by atoms with Crippen molar-refractivity contribution in [3.63, 3.8) is 0 Å². The van der Waals surface area contributed by atoms with E-state index in [2.05, 4.69) is 41.3 Å². The monoisotopic (exact) mass is 454 g/mol. The van der Waals surface area contributed by atoms with Crippen LogP contribution in [0.2, 0.25) is 0 Å². The molecule has 1 rings (SSSR count). The number of unbranched alkanes of at least 4 members (excludes halogenated alkanes) is 1. The predicted molar refractivity (Wildman–Crippen MR) is 115 cm³/mol. The van der Waals surface area contributed by atoms with Crippen LogP contribution in [-0.2, 0) is 4.74 Å². The number of nitrogens with one attached hydrogen (secondary N) is 2. The Morgan fingerprint density at radius 1 is 1.12 bits per heavy atom. The Morgan fingerprint density at radius 3 is 2.54 bits per heavy atom. The minimum atomic E-state index is 0. The van der Waals surface area contributed by atoms with E-state index in [0.29, 0.717) is 5.92 Å². The van der Waals surface area contributed by atoms with E-state index >= 15 is 0 Å². The molecular formula is C18H39IN4O. The van der Waals surface area contributed by atoms with E-state index in [1.54, 1.807) is 0 Å². The van der Waals surface area contributed by atoms with E-state index < -0.39 is 0 Å². The van der Waals surface area contributed by atoms with Gasteiger partial charge in [-0.05, 0) is 64.6 Å². The van der Waals surface area contributed by atoms with Crippen molar-refractivity contribution < 1.29 is 4.74 Å². The second kappa shape index (κ2) is 16.4. The number of likely N-dealkylation sites (tertiary alicyclic amines) is 1. The molecule has 24 heavy (non-hydrogen) atoms. The van der Waals surface area contributed by atoms with E-state index in [1.165, 1.54) is 45.3 Å². The van der Waals surface area contributed by atoms with Crippen molar-refractivity contribution in [3.8, 4) is 0 Å². The molecule has 5 nitrogen and oxygen atoms in total. The lowest BCUT2D eigenvalue weighted by Crippen LogP contribution is -2.38. The number of guanidine groups is 1. The van der Waals surface area contributed by atoms with Crippen LogP contribution in [0.25, 0.3) is 0 Å². The number of aliphatic imine (C=N–C) groups is 1. The van der Waals surface area contributed by atoms with Crippen LogP contribution in [0.1, 0.15) is 52.9 Å². The van der Waals surface area contributed by atoms with Gasteiger partial charge in [0, 0.05) is 32.8 Å². The van der Waals surface area contributed by atoms with Crippen LogP contribution in [0, 0.1) is 5.92 Å². The van der Waals surface area contributed by atoms with Crippen molar-refractivity contribution >= 4 is 29.9 Å². The predicted octanol–water partition coefficient (Wildman–Crippen LogP) is 3.10. The Labute approximate surface area is 166 Å². The third-order valence-corrected chi connectivity index (χ3v) is 3.90. The smallest absolute Gasteiger partial charge is 0.191 e. The molecule has 1 aliphatic heterocycles. The molecule has 0 saturated carbocycles. The van der Waals surface area contributed by atoms with E-state index in [0.717, 1.165) is 45.2 Å². The maximum Gasteiger partial charge on any atom is 0.191 e. The normalized spacial score (nSPS) is 15.6. The molecule has 144 valence electrons. The number of ether oxygens (including phenoxy) is 1. The molecule has 2 N–H and O–H groups in total. The number of halogens is 1. The summed E-state index contributed by atoms with van der Waals surface area (Å²) >= 11 is 0. The van der Waals surface area contributed by atoms with Gasteiger partial charge in [0.25, 0.3) is 0 Å². The first kappa shape index (κ1) is 23.9. The molecule has 1 aliphatic rings. The molecule has 0 aliphatic carbocycles. The molecule has 0 aromatic heterocycles. The third kappa shape index (κ3) is 13.2. The van der Waals surface area contributed by atoms with Gasteiger partial charge in [-0.2, -0.15) is 0 Å². The fourth-order valence-corrected chi connectivity index (χ4v) is 2.69. The second-order valence-corrected chi connectivity index (χ2v) is 6.77. The molecule has 1 fully saturated rings. The van der Waals surface area contributed by atoms with Crippen molar-refractivity contribution in [2.45, 2.75) is 52.9 Å². The summed E-state index contributed by atoms with van der Waals surface area (Å²) in [5.41, 5.74) is 0. The third-order valence-electron chi connectivity index (χ3n) is 3.90. The van der Waals surface area contributed by atoms with Gasteiger partial charge in [0.05, 0.1) is 0 Å². The van der Waals surface area contributed by atoms with Crippen molar-refractivity contribution in [2.24, 2.45) is 10.9 Å². The highest BCUT2D eigenvalue weighted by Gasteiger charge is 2.09. The Bertz CT molecular complexity index is 307. The highest BCUT2D eigenvalue weighted by molar-refractivity contribution is 14.0. The molecule has 0 amide bonds. The van der Waals surface area contributed by atoms with E-state index in [1.807, 2.05) is 0 Å². The Balaban J connectivity index is 0.00000529. The lowest BCUT2D eigenvalue weighted by Gasteiger charge is -2.15. The molecule has 0 aromatic rings. The highest BCUT2D eigenvalue weighted by Crippen LogP contribution is 2.07. The van der Waals surface area contributed by atoms with Crippen LogP contribution in [0.15, 0.2) is 4.99 Å². The lowest BCUT2D eigenvalue weighted by molar-refractivity contribution is 0.109. The average Bonchev–Trinajstić information content (AvgIpc) is 3.03. The van der Waals surface area contributed by atoms with Gasteiger partial charge in [-0.3, -0.25) is 4.99 Å². The number of hydrogen-bond acceptors (Lipinski definition) is 3. The lowest BCUT2D eigenvalue weighted by atomic mass is 10.2.